The van der Waals surface area contributed by atoms with E-state index >= 15 is 0 Å². The summed E-state index contributed by atoms with van der Waals surface area (Å²) in [5.41, 5.74) is 0. The van der Waals surface area contributed by atoms with Crippen molar-refractivity contribution in [2.75, 3.05) is 47.5 Å². The zero-order chi connectivity index (χ0) is 53.4. The second-order valence-corrected chi connectivity index (χ2v) is 22.0. The van der Waals surface area contributed by atoms with Gasteiger partial charge in [-0.05, 0) is 77.0 Å². The van der Waals surface area contributed by atoms with Crippen LogP contribution in [0.3, 0.4) is 0 Å². The highest BCUT2D eigenvalue weighted by Crippen LogP contribution is 2.17. The molecule has 0 saturated heterocycles. The van der Waals surface area contributed by atoms with Crippen molar-refractivity contribution in [1.82, 2.24) is 0 Å². The molecule has 426 valence electrons. The zero-order valence-corrected chi connectivity index (χ0v) is 48.5. The molecule has 0 bridgehead atoms. The first kappa shape index (κ1) is 70.2. The number of allylic oxidation sites excluding steroid dienone is 8. The van der Waals surface area contributed by atoms with Crippen molar-refractivity contribution >= 4 is 17.9 Å². The summed E-state index contributed by atoms with van der Waals surface area (Å²) in [6.45, 7) is 4.76. The molecule has 0 aliphatic rings. The highest BCUT2D eigenvalue weighted by atomic mass is 16.7. The number of hydrogen-bond donors (Lipinski definition) is 0. The van der Waals surface area contributed by atoms with Crippen LogP contribution in [0.4, 0.5) is 0 Å². The van der Waals surface area contributed by atoms with Gasteiger partial charge in [0.1, 0.15) is 13.2 Å². The van der Waals surface area contributed by atoms with Crippen molar-refractivity contribution in [3.05, 3.63) is 48.6 Å². The van der Waals surface area contributed by atoms with Gasteiger partial charge in [-0.3, -0.25) is 9.59 Å². The van der Waals surface area contributed by atoms with Crippen LogP contribution >= 0.6 is 0 Å². The van der Waals surface area contributed by atoms with Gasteiger partial charge in [-0.1, -0.05) is 242 Å². The van der Waals surface area contributed by atoms with Crippen molar-refractivity contribution in [3.63, 3.8) is 0 Å². The molecule has 0 fully saturated rings. The Kier molecular flexibility index (Phi) is 53.4. The van der Waals surface area contributed by atoms with Crippen molar-refractivity contribution < 1.29 is 42.9 Å². The van der Waals surface area contributed by atoms with Crippen LogP contribution in [0.5, 0.6) is 0 Å². The fourth-order valence-corrected chi connectivity index (χ4v) is 8.78. The second kappa shape index (κ2) is 55.5. The second-order valence-electron chi connectivity index (χ2n) is 22.0. The predicted molar refractivity (Wildman–Crippen MR) is 306 cm³/mol. The molecule has 0 spiro atoms. The minimum Gasteiger partial charge on any atom is -0.545 e. The first-order valence-corrected chi connectivity index (χ1v) is 30.8. The fourth-order valence-electron chi connectivity index (χ4n) is 8.78. The quantitative estimate of drug-likeness (QED) is 0.0195. The van der Waals surface area contributed by atoms with E-state index in [0.29, 0.717) is 23.9 Å². The van der Waals surface area contributed by atoms with Gasteiger partial charge in [0.2, 0.25) is 0 Å². The summed E-state index contributed by atoms with van der Waals surface area (Å²) >= 11 is 0. The molecule has 0 aromatic carbocycles. The van der Waals surface area contributed by atoms with Crippen LogP contribution in [0.1, 0.15) is 284 Å². The van der Waals surface area contributed by atoms with Gasteiger partial charge in [0.05, 0.1) is 40.3 Å². The van der Waals surface area contributed by atoms with Crippen LogP contribution < -0.4 is 5.11 Å². The molecule has 0 amide bonds. The van der Waals surface area contributed by atoms with E-state index in [4.69, 9.17) is 18.9 Å². The molecule has 9 nitrogen and oxygen atoms in total. The first-order chi connectivity index (χ1) is 35.6. The molecule has 0 saturated carbocycles. The van der Waals surface area contributed by atoms with E-state index in [9.17, 15) is 19.5 Å². The number of carboxylic acids is 1. The van der Waals surface area contributed by atoms with Crippen LogP contribution in [-0.4, -0.2) is 82.3 Å². The van der Waals surface area contributed by atoms with E-state index in [1.807, 2.05) is 21.1 Å². The molecule has 0 aromatic rings. The summed E-state index contributed by atoms with van der Waals surface area (Å²) in [6.07, 6.45) is 65.9. The van der Waals surface area contributed by atoms with Gasteiger partial charge in [0.25, 0.3) is 0 Å². The summed E-state index contributed by atoms with van der Waals surface area (Å²) in [7, 11) is 5.93. The average Bonchev–Trinajstić information content (AvgIpc) is 3.36. The number of carbonyl (C=O) groups is 3. The van der Waals surface area contributed by atoms with Gasteiger partial charge in [-0.15, -0.1) is 0 Å². The van der Waals surface area contributed by atoms with Crippen LogP contribution in [0, 0.1) is 0 Å². The van der Waals surface area contributed by atoms with Crippen LogP contribution in [-0.2, 0) is 33.3 Å². The van der Waals surface area contributed by atoms with Gasteiger partial charge in [-0.25, -0.2) is 0 Å². The maximum atomic E-state index is 12.9. The Bertz CT molecular complexity index is 1340. The number of ether oxygens (including phenoxy) is 4. The van der Waals surface area contributed by atoms with Crippen molar-refractivity contribution in [2.45, 2.75) is 296 Å². The Balaban J connectivity index is 4.17. The molecular weight excluding hydrogens is 911 g/mol. The van der Waals surface area contributed by atoms with Crippen LogP contribution in [0.25, 0.3) is 0 Å². The third kappa shape index (κ3) is 56.8. The summed E-state index contributed by atoms with van der Waals surface area (Å²) in [4.78, 5) is 37.3. The number of quaternary nitrogens is 1. The van der Waals surface area contributed by atoms with E-state index in [-0.39, 0.29) is 32.2 Å². The fraction of sp³-hybridized carbons (Fsp3) is 0.828. The van der Waals surface area contributed by atoms with Gasteiger partial charge in [0.15, 0.2) is 12.4 Å². The van der Waals surface area contributed by atoms with Gasteiger partial charge < -0.3 is 33.3 Å². The molecule has 9 heteroatoms. The monoisotopic (exact) mass is 1030 g/mol. The Morgan fingerprint density at radius 1 is 0.411 bits per heavy atom. The lowest BCUT2D eigenvalue weighted by molar-refractivity contribution is -0.870. The zero-order valence-electron chi connectivity index (χ0n) is 48.5. The van der Waals surface area contributed by atoms with E-state index in [1.54, 1.807) is 0 Å². The SMILES string of the molecule is CCCCCCC/C=C\C/C=C\C/C=C\CCCCCCCCCCCCCCCCC(=O)OC(COC(=O)CCCCCCCCCCC/C=C\CCCCCCCC)COC(OCC[N+](C)(C)C)C(=O)[O-]. The Morgan fingerprint density at radius 2 is 0.740 bits per heavy atom. The number of carbonyl (C=O) groups excluding carboxylic acids is 3. The van der Waals surface area contributed by atoms with Crippen LogP contribution in [0.15, 0.2) is 48.6 Å². The molecule has 0 aliphatic heterocycles. The molecular formula is C64H117NO8. The smallest absolute Gasteiger partial charge is 0.306 e. The topological polar surface area (TPSA) is 111 Å². The number of aliphatic carboxylic acids is 1. The third-order valence-corrected chi connectivity index (χ3v) is 13.5. The summed E-state index contributed by atoms with van der Waals surface area (Å²) in [6, 6.07) is 0. The number of rotatable bonds is 57. The average molecular weight is 1030 g/mol. The normalized spacial score (nSPS) is 13.1. The lowest BCUT2D eigenvalue weighted by Gasteiger charge is -2.26. The molecule has 0 rings (SSSR count). The molecule has 0 aliphatic carbocycles. The molecule has 0 radical (unpaired) electrons. The Hall–Kier alpha value is -2.75. The number of nitrogens with zero attached hydrogens (tertiary/aromatic N) is 1. The molecule has 0 aromatic heterocycles. The minimum atomic E-state index is -1.62. The minimum absolute atomic E-state index is 0.148. The van der Waals surface area contributed by atoms with Crippen molar-refractivity contribution in [2.24, 2.45) is 0 Å². The highest BCUT2D eigenvalue weighted by molar-refractivity contribution is 5.70. The molecule has 73 heavy (non-hydrogen) atoms. The Labute approximate surface area is 451 Å². The maximum Gasteiger partial charge on any atom is 0.306 e. The number of esters is 2. The first-order valence-electron chi connectivity index (χ1n) is 30.8. The largest absolute Gasteiger partial charge is 0.545 e. The molecule has 0 heterocycles. The predicted octanol–water partition coefficient (Wildman–Crippen LogP) is 16.9. The standard InChI is InChI=1S/C64H117NO8/c1-6-8-10-12-14-16-18-20-22-24-26-27-28-29-30-31-32-33-34-35-37-39-41-43-45-47-49-51-53-55-62(67)73-60(59-72-64(63(68)69)70-57-56-65(3,4)5)58-71-61(66)54-52-50-48-46-44-42-40-38-36-25-23-21-19-17-15-13-11-9-7-2/h18,20-21,23-24,26,28-29,60,64H,6-17,19,22,25,27,30-59H2,1-5H3/b20-18-,23-21-,26-24-,29-28-. The summed E-state index contributed by atoms with van der Waals surface area (Å²) in [5.74, 6) is -2.27. The highest BCUT2D eigenvalue weighted by Gasteiger charge is 2.22. The molecule has 2 unspecified atom stereocenters. The van der Waals surface area contributed by atoms with E-state index < -0.39 is 24.3 Å². The summed E-state index contributed by atoms with van der Waals surface area (Å²) in [5, 5.41) is 11.8. The van der Waals surface area contributed by atoms with Gasteiger partial charge >= 0.3 is 11.9 Å². The maximum absolute atomic E-state index is 12.9. The van der Waals surface area contributed by atoms with Gasteiger partial charge in [-0.2, -0.15) is 0 Å². The lowest BCUT2D eigenvalue weighted by atomic mass is 10.0. The van der Waals surface area contributed by atoms with E-state index in [2.05, 4.69) is 62.5 Å². The number of likely N-dealkylation sites (N-methyl/N-ethyl adjacent to an activating group) is 1. The van der Waals surface area contributed by atoms with Crippen molar-refractivity contribution in [3.8, 4) is 0 Å². The molecule has 2 atom stereocenters. The molecule has 0 N–H and O–H groups in total. The number of unbranched alkanes of at least 4 members (excludes halogenated alkanes) is 34. The van der Waals surface area contributed by atoms with Crippen LogP contribution in [0.2, 0.25) is 0 Å². The summed E-state index contributed by atoms with van der Waals surface area (Å²) < 4.78 is 22.7. The van der Waals surface area contributed by atoms with E-state index in [1.165, 1.54) is 205 Å². The van der Waals surface area contributed by atoms with E-state index in [0.717, 1.165) is 44.9 Å². The number of carboxylic acid groups (broad SMARTS) is 1. The third-order valence-electron chi connectivity index (χ3n) is 13.5. The Morgan fingerprint density at radius 3 is 1.11 bits per heavy atom. The van der Waals surface area contributed by atoms with Crippen molar-refractivity contribution in [1.29, 1.82) is 0 Å². The lowest BCUT2D eigenvalue weighted by Crippen LogP contribution is -2.44. The van der Waals surface area contributed by atoms with Gasteiger partial charge in [0, 0.05) is 12.8 Å². The number of hydrogen-bond acceptors (Lipinski definition) is 8.